The molecule has 0 amide bonds. The molecule has 108 valence electrons. The number of benzene rings is 2. The van der Waals surface area contributed by atoms with Gasteiger partial charge in [0.2, 0.25) is 0 Å². The van der Waals surface area contributed by atoms with Gasteiger partial charge < -0.3 is 0 Å². The van der Waals surface area contributed by atoms with Gasteiger partial charge in [-0.2, -0.15) is 0 Å². The predicted octanol–water partition coefficient (Wildman–Crippen LogP) is 5.04. The summed E-state index contributed by atoms with van der Waals surface area (Å²) < 4.78 is 0. The molecular weight excluding hydrogens is 290 g/mol. The van der Waals surface area contributed by atoms with Gasteiger partial charge in [0.15, 0.2) is 5.78 Å². The number of carbonyl (C=O) groups excluding carboxylic acids is 1. The van der Waals surface area contributed by atoms with Crippen molar-refractivity contribution in [1.29, 1.82) is 0 Å². The van der Waals surface area contributed by atoms with E-state index < -0.39 is 0 Å². The van der Waals surface area contributed by atoms with Crippen LogP contribution in [-0.2, 0) is 0 Å². The van der Waals surface area contributed by atoms with Crippen molar-refractivity contribution >= 4 is 29.0 Å². The molecule has 2 nitrogen and oxygen atoms in total. The average Bonchev–Trinajstić information content (AvgIpc) is 2.99. The van der Waals surface area contributed by atoms with Crippen LogP contribution >= 0.6 is 11.3 Å². The van der Waals surface area contributed by atoms with Crippen LogP contribution in [0.4, 0.5) is 5.69 Å². The number of nitrogens with zero attached hydrogens (tertiary/aromatic N) is 1. The Morgan fingerprint density at radius 1 is 0.955 bits per heavy atom. The van der Waals surface area contributed by atoms with Crippen LogP contribution in [0.1, 0.15) is 26.4 Å². The Morgan fingerprint density at radius 2 is 1.64 bits per heavy atom. The molecule has 0 aliphatic carbocycles. The summed E-state index contributed by atoms with van der Waals surface area (Å²) in [5, 5.41) is 2.05. The van der Waals surface area contributed by atoms with Gasteiger partial charge in [-0.15, -0.1) is 11.3 Å². The molecule has 3 rings (SSSR count). The van der Waals surface area contributed by atoms with Gasteiger partial charge in [-0.1, -0.05) is 30.3 Å². The Kier molecular flexibility index (Phi) is 4.26. The maximum Gasteiger partial charge on any atom is 0.193 e. The van der Waals surface area contributed by atoms with Crippen LogP contribution in [0.2, 0.25) is 0 Å². The first-order valence-corrected chi connectivity index (χ1v) is 7.90. The highest BCUT2D eigenvalue weighted by molar-refractivity contribution is 7.11. The van der Waals surface area contributed by atoms with Crippen molar-refractivity contribution in [3.63, 3.8) is 0 Å². The van der Waals surface area contributed by atoms with Gasteiger partial charge >= 0.3 is 0 Å². The molecule has 1 heterocycles. The van der Waals surface area contributed by atoms with Crippen molar-refractivity contribution in [2.24, 2.45) is 4.99 Å². The molecule has 22 heavy (non-hydrogen) atoms. The van der Waals surface area contributed by atoms with Crippen LogP contribution in [0, 0.1) is 6.92 Å². The smallest absolute Gasteiger partial charge is 0.193 e. The lowest BCUT2D eigenvalue weighted by Crippen LogP contribution is -2.00. The molecule has 1 aromatic heterocycles. The Balaban J connectivity index is 1.77. The second kappa shape index (κ2) is 6.50. The summed E-state index contributed by atoms with van der Waals surface area (Å²) in [4.78, 5) is 17.9. The van der Waals surface area contributed by atoms with E-state index in [9.17, 15) is 4.79 Å². The number of hydrogen-bond acceptors (Lipinski definition) is 3. The molecule has 0 aliphatic heterocycles. The number of rotatable bonds is 4. The van der Waals surface area contributed by atoms with Gasteiger partial charge in [0, 0.05) is 22.2 Å². The molecule has 0 saturated heterocycles. The zero-order valence-electron chi connectivity index (χ0n) is 12.2. The van der Waals surface area contributed by atoms with E-state index in [1.165, 1.54) is 5.56 Å². The molecular formula is C19H15NOS. The SMILES string of the molecule is Cc1ccsc1C=Nc1ccc(C(=O)c2ccccc2)cc1. The van der Waals surface area contributed by atoms with E-state index in [2.05, 4.69) is 23.4 Å². The first-order chi connectivity index (χ1) is 10.7. The van der Waals surface area contributed by atoms with Crippen molar-refractivity contribution in [2.75, 3.05) is 0 Å². The number of aliphatic imine (C=N–C) groups is 1. The van der Waals surface area contributed by atoms with E-state index in [4.69, 9.17) is 0 Å². The molecule has 2 aromatic carbocycles. The highest BCUT2D eigenvalue weighted by atomic mass is 32.1. The van der Waals surface area contributed by atoms with Crippen molar-refractivity contribution < 1.29 is 4.79 Å². The van der Waals surface area contributed by atoms with E-state index in [0.29, 0.717) is 11.1 Å². The number of aryl methyl sites for hydroxylation is 1. The minimum atomic E-state index is 0.0326. The van der Waals surface area contributed by atoms with E-state index >= 15 is 0 Å². The number of ketones is 1. The summed E-state index contributed by atoms with van der Waals surface area (Å²) in [5.41, 5.74) is 3.45. The third kappa shape index (κ3) is 3.21. The van der Waals surface area contributed by atoms with Gasteiger partial charge in [-0.25, -0.2) is 0 Å². The van der Waals surface area contributed by atoms with E-state index in [0.717, 1.165) is 10.6 Å². The molecule has 0 N–H and O–H groups in total. The van der Waals surface area contributed by atoms with E-state index in [1.54, 1.807) is 11.3 Å². The van der Waals surface area contributed by atoms with E-state index in [1.807, 2.05) is 60.8 Å². The number of thiophene rings is 1. The second-order valence-electron chi connectivity index (χ2n) is 4.97. The minimum absolute atomic E-state index is 0.0326. The van der Waals surface area contributed by atoms with Crippen molar-refractivity contribution in [2.45, 2.75) is 6.92 Å². The van der Waals surface area contributed by atoms with Gasteiger partial charge in [0.1, 0.15) is 0 Å². The molecule has 0 fully saturated rings. The fourth-order valence-electron chi connectivity index (χ4n) is 2.10. The summed E-state index contributed by atoms with van der Waals surface area (Å²) in [6, 6.07) is 18.8. The molecule has 0 atom stereocenters. The lowest BCUT2D eigenvalue weighted by atomic mass is 10.0. The second-order valence-corrected chi connectivity index (χ2v) is 5.92. The molecule has 0 bridgehead atoms. The van der Waals surface area contributed by atoms with E-state index in [-0.39, 0.29) is 5.78 Å². The number of carbonyl (C=O) groups is 1. The largest absolute Gasteiger partial charge is 0.289 e. The van der Waals surface area contributed by atoms with Crippen LogP contribution in [0.25, 0.3) is 0 Å². The van der Waals surface area contributed by atoms with Crippen molar-refractivity contribution in [3.05, 3.63) is 87.6 Å². The van der Waals surface area contributed by atoms with Gasteiger partial charge in [-0.3, -0.25) is 9.79 Å². The number of hydrogen-bond donors (Lipinski definition) is 0. The van der Waals surface area contributed by atoms with Crippen LogP contribution in [0.5, 0.6) is 0 Å². The fourth-order valence-corrected chi connectivity index (χ4v) is 2.89. The summed E-state index contributed by atoms with van der Waals surface area (Å²) in [6.45, 7) is 2.07. The third-order valence-electron chi connectivity index (χ3n) is 3.40. The predicted molar refractivity (Wildman–Crippen MR) is 92.6 cm³/mol. The lowest BCUT2D eigenvalue weighted by molar-refractivity contribution is 0.103. The molecule has 0 radical (unpaired) electrons. The highest BCUT2D eigenvalue weighted by Gasteiger charge is 2.07. The Morgan fingerprint density at radius 3 is 2.27 bits per heavy atom. The van der Waals surface area contributed by atoms with Crippen LogP contribution in [0.15, 0.2) is 71.0 Å². The first kappa shape index (κ1) is 14.4. The molecule has 3 heteroatoms. The monoisotopic (exact) mass is 305 g/mol. The third-order valence-corrected chi connectivity index (χ3v) is 4.35. The zero-order valence-corrected chi connectivity index (χ0v) is 13.0. The summed E-state index contributed by atoms with van der Waals surface area (Å²) >= 11 is 1.67. The van der Waals surface area contributed by atoms with Crippen molar-refractivity contribution in [3.8, 4) is 0 Å². The maximum atomic E-state index is 12.3. The summed E-state index contributed by atoms with van der Waals surface area (Å²) in [7, 11) is 0. The van der Waals surface area contributed by atoms with Crippen LogP contribution in [0.3, 0.4) is 0 Å². The highest BCUT2D eigenvalue weighted by Crippen LogP contribution is 2.18. The first-order valence-electron chi connectivity index (χ1n) is 7.02. The Bertz CT molecular complexity index is 801. The Hall–Kier alpha value is -2.52. The molecule has 3 aromatic rings. The lowest BCUT2D eigenvalue weighted by Gasteiger charge is -2.01. The van der Waals surface area contributed by atoms with Gasteiger partial charge in [0.05, 0.1) is 5.69 Å². The van der Waals surface area contributed by atoms with Gasteiger partial charge in [0.25, 0.3) is 0 Å². The summed E-state index contributed by atoms with van der Waals surface area (Å²) in [5.74, 6) is 0.0326. The summed E-state index contributed by atoms with van der Waals surface area (Å²) in [6.07, 6.45) is 1.87. The zero-order chi connectivity index (χ0) is 15.4. The fraction of sp³-hybridized carbons (Fsp3) is 0.0526. The van der Waals surface area contributed by atoms with Crippen LogP contribution < -0.4 is 0 Å². The molecule has 0 aliphatic rings. The average molecular weight is 305 g/mol. The molecule has 0 spiro atoms. The van der Waals surface area contributed by atoms with Crippen LogP contribution in [-0.4, -0.2) is 12.0 Å². The standard InChI is InChI=1S/C19H15NOS/c1-14-11-12-22-18(14)13-20-17-9-7-16(8-10-17)19(21)15-5-3-2-4-6-15/h2-13H,1H3. The topological polar surface area (TPSA) is 29.4 Å². The maximum absolute atomic E-state index is 12.3. The normalized spacial score (nSPS) is 11.0. The van der Waals surface area contributed by atoms with Gasteiger partial charge in [-0.05, 0) is 48.2 Å². The Labute approximate surface area is 133 Å². The quantitative estimate of drug-likeness (QED) is 0.490. The van der Waals surface area contributed by atoms with Crippen molar-refractivity contribution in [1.82, 2.24) is 0 Å². The molecule has 0 saturated carbocycles. The minimum Gasteiger partial charge on any atom is -0.289 e. The molecule has 0 unspecified atom stereocenters.